The molecule has 3 rings (SSSR count). The topological polar surface area (TPSA) is 64.3 Å². The van der Waals surface area contributed by atoms with E-state index in [9.17, 15) is 14.4 Å². The molecule has 2 aromatic rings. The number of piperidine rings is 1. The number of aryl methyl sites for hydroxylation is 1. The van der Waals surface area contributed by atoms with Gasteiger partial charge in [0.1, 0.15) is 0 Å². The average molecular weight is 296 g/mol. The number of carbonyl (C=O) groups is 2. The van der Waals surface area contributed by atoms with Gasteiger partial charge >= 0.3 is 5.69 Å². The molecule has 1 aliphatic rings. The normalized spacial score (nSPS) is 15.6. The Hall–Kier alpha value is -2.08. The molecule has 0 radical (unpaired) electrons. The maximum absolute atomic E-state index is 12.3. The Balaban J connectivity index is 0.00000147. The van der Waals surface area contributed by atoms with Gasteiger partial charge in [-0.2, -0.15) is 9.69 Å². The number of rotatable bonds is 1. The third kappa shape index (κ3) is 1.92. The second kappa shape index (κ2) is 5.13. The number of para-hydroxylation sites is 2. The van der Waals surface area contributed by atoms with Gasteiger partial charge in [0.25, 0.3) is 0 Å². The molecule has 0 unspecified atom stereocenters. The van der Waals surface area contributed by atoms with E-state index in [1.54, 1.807) is 25.2 Å². The van der Waals surface area contributed by atoms with Gasteiger partial charge in [0.05, 0.1) is 11.0 Å². The van der Waals surface area contributed by atoms with Crippen molar-refractivity contribution in [2.75, 3.05) is 5.01 Å². The van der Waals surface area contributed by atoms with Crippen LogP contribution in [0, 0.1) is 0 Å². The predicted octanol–water partition coefficient (Wildman–Crippen LogP) is 0.937. The SMILES string of the molecule is Cl.Cn1c(=O)n(N2C(=O)CCCC2=O)c2ccccc21. The van der Waals surface area contributed by atoms with Gasteiger partial charge in [0.2, 0.25) is 11.8 Å². The maximum atomic E-state index is 12.3. The van der Waals surface area contributed by atoms with Crippen molar-refractivity contribution in [3.63, 3.8) is 0 Å². The number of hydrogen-bond acceptors (Lipinski definition) is 3. The highest BCUT2D eigenvalue weighted by molar-refractivity contribution is 6.10. The molecule has 2 amide bonds. The van der Waals surface area contributed by atoms with Crippen molar-refractivity contribution in [1.29, 1.82) is 0 Å². The summed E-state index contributed by atoms with van der Waals surface area (Å²) in [4.78, 5) is 36.2. The van der Waals surface area contributed by atoms with E-state index in [-0.39, 0.29) is 29.9 Å². The van der Waals surface area contributed by atoms with Crippen LogP contribution in [0.1, 0.15) is 19.3 Å². The minimum atomic E-state index is -0.384. The summed E-state index contributed by atoms with van der Waals surface area (Å²) >= 11 is 0. The van der Waals surface area contributed by atoms with E-state index in [1.165, 1.54) is 9.24 Å². The van der Waals surface area contributed by atoms with Gasteiger partial charge in [-0.15, -0.1) is 12.4 Å². The molecule has 1 saturated heterocycles. The van der Waals surface area contributed by atoms with Gasteiger partial charge in [0, 0.05) is 19.9 Å². The van der Waals surface area contributed by atoms with Gasteiger partial charge in [-0.05, 0) is 18.6 Å². The molecule has 106 valence electrons. The first-order chi connectivity index (χ1) is 9.11. The van der Waals surface area contributed by atoms with Crippen LogP contribution in [0.25, 0.3) is 11.0 Å². The van der Waals surface area contributed by atoms with Crippen LogP contribution in [0.5, 0.6) is 0 Å². The zero-order valence-electron chi connectivity index (χ0n) is 10.9. The van der Waals surface area contributed by atoms with Crippen molar-refractivity contribution in [2.24, 2.45) is 7.05 Å². The van der Waals surface area contributed by atoms with Crippen LogP contribution < -0.4 is 10.7 Å². The Labute approximate surface area is 121 Å². The summed E-state index contributed by atoms with van der Waals surface area (Å²) in [5.41, 5.74) is 0.877. The van der Waals surface area contributed by atoms with E-state index in [0.29, 0.717) is 30.3 Å². The molecule has 0 atom stereocenters. The molecule has 0 saturated carbocycles. The lowest BCUT2D eigenvalue weighted by molar-refractivity contribution is -0.131. The van der Waals surface area contributed by atoms with Gasteiger partial charge in [-0.3, -0.25) is 14.2 Å². The zero-order chi connectivity index (χ0) is 13.6. The smallest absolute Gasteiger partial charge is 0.293 e. The minimum absolute atomic E-state index is 0. The predicted molar refractivity (Wildman–Crippen MR) is 76.5 cm³/mol. The fourth-order valence-electron chi connectivity index (χ4n) is 2.43. The van der Waals surface area contributed by atoms with Gasteiger partial charge < -0.3 is 0 Å². The Morgan fingerprint density at radius 1 is 0.950 bits per heavy atom. The van der Waals surface area contributed by atoms with Gasteiger partial charge in [-0.25, -0.2) is 4.79 Å². The van der Waals surface area contributed by atoms with E-state index < -0.39 is 0 Å². The van der Waals surface area contributed by atoms with E-state index in [0.717, 1.165) is 5.01 Å². The molecule has 1 aromatic heterocycles. The van der Waals surface area contributed by atoms with Crippen LogP contribution in [0.4, 0.5) is 0 Å². The molecule has 7 heteroatoms. The van der Waals surface area contributed by atoms with Crippen LogP contribution in [-0.2, 0) is 16.6 Å². The van der Waals surface area contributed by atoms with E-state index in [2.05, 4.69) is 0 Å². The quantitative estimate of drug-likeness (QED) is 0.736. The first kappa shape index (κ1) is 14.3. The van der Waals surface area contributed by atoms with Crippen molar-refractivity contribution >= 4 is 35.3 Å². The van der Waals surface area contributed by atoms with Crippen LogP contribution >= 0.6 is 12.4 Å². The number of halogens is 1. The summed E-state index contributed by atoms with van der Waals surface area (Å²) in [6.07, 6.45) is 1.14. The molecule has 20 heavy (non-hydrogen) atoms. The Morgan fingerprint density at radius 3 is 2.10 bits per heavy atom. The van der Waals surface area contributed by atoms with Crippen molar-refractivity contribution in [2.45, 2.75) is 19.3 Å². The highest BCUT2D eigenvalue weighted by Gasteiger charge is 2.30. The number of nitrogens with zero attached hydrogens (tertiary/aromatic N) is 3. The number of benzene rings is 1. The molecule has 0 bridgehead atoms. The third-order valence-electron chi connectivity index (χ3n) is 3.39. The first-order valence-corrected chi connectivity index (χ1v) is 6.14. The lowest BCUT2D eigenvalue weighted by Crippen LogP contribution is -2.52. The monoisotopic (exact) mass is 295 g/mol. The summed E-state index contributed by atoms with van der Waals surface area (Å²) in [6.45, 7) is 0. The van der Waals surface area contributed by atoms with E-state index in [4.69, 9.17) is 0 Å². The maximum Gasteiger partial charge on any atom is 0.348 e. The molecule has 1 fully saturated rings. The van der Waals surface area contributed by atoms with E-state index >= 15 is 0 Å². The number of imide groups is 1. The van der Waals surface area contributed by atoms with Crippen LogP contribution in [0.2, 0.25) is 0 Å². The van der Waals surface area contributed by atoms with Crippen LogP contribution in [0.3, 0.4) is 0 Å². The fourth-order valence-corrected chi connectivity index (χ4v) is 2.43. The molecule has 2 heterocycles. The van der Waals surface area contributed by atoms with Gasteiger partial charge in [-0.1, -0.05) is 12.1 Å². The summed E-state index contributed by atoms with van der Waals surface area (Å²) in [6, 6.07) is 7.10. The summed E-state index contributed by atoms with van der Waals surface area (Å²) in [7, 11) is 1.63. The number of amides is 2. The van der Waals surface area contributed by atoms with Crippen molar-refractivity contribution in [3.05, 3.63) is 34.7 Å². The molecule has 6 nitrogen and oxygen atoms in total. The van der Waals surface area contributed by atoms with Gasteiger partial charge in [0.15, 0.2) is 0 Å². The van der Waals surface area contributed by atoms with Crippen molar-refractivity contribution in [1.82, 2.24) is 9.24 Å². The average Bonchev–Trinajstić information content (AvgIpc) is 2.64. The molecule has 0 aliphatic carbocycles. The van der Waals surface area contributed by atoms with Crippen molar-refractivity contribution in [3.8, 4) is 0 Å². The Morgan fingerprint density at radius 2 is 1.50 bits per heavy atom. The molecule has 1 aromatic carbocycles. The first-order valence-electron chi connectivity index (χ1n) is 6.14. The number of fused-ring (bicyclic) bond motifs is 1. The Kier molecular flexibility index (Phi) is 3.67. The number of hydrogen-bond donors (Lipinski definition) is 0. The lowest BCUT2D eigenvalue weighted by Gasteiger charge is -2.24. The second-order valence-electron chi connectivity index (χ2n) is 4.59. The highest BCUT2D eigenvalue weighted by atomic mass is 35.5. The molecular formula is C13H14ClN3O3. The standard InChI is InChI=1S/C13H13N3O3.ClH/c1-14-9-5-2-3-6-10(9)15(13(14)19)16-11(17)7-4-8-12(16)18;/h2-3,5-6H,4,7-8H2,1H3;1H. The number of aromatic nitrogens is 2. The fraction of sp³-hybridized carbons (Fsp3) is 0.308. The molecule has 0 N–H and O–H groups in total. The summed E-state index contributed by atoms with van der Waals surface area (Å²) < 4.78 is 2.61. The summed E-state index contributed by atoms with van der Waals surface area (Å²) in [5.74, 6) is -0.649. The number of imidazole rings is 1. The minimum Gasteiger partial charge on any atom is -0.293 e. The molecule has 0 spiro atoms. The Bertz CT molecular complexity index is 731. The second-order valence-corrected chi connectivity index (χ2v) is 4.59. The highest BCUT2D eigenvalue weighted by Crippen LogP contribution is 2.16. The van der Waals surface area contributed by atoms with Crippen LogP contribution in [0.15, 0.2) is 29.1 Å². The zero-order valence-corrected chi connectivity index (χ0v) is 11.7. The largest absolute Gasteiger partial charge is 0.348 e. The lowest BCUT2D eigenvalue weighted by atomic mass is 10.1. The third-order valence-corrected chi connectivity index (χ3v) is 3.39. The van der Waals surface area contributed by atoms with Crippen LogP contribution in [-0.4, -0.2) is 21.1 Å². The van der Waals surface area contributed by atoms with Crippen molar-refractivity contribution < 1.29 is 9.59 Å². The summed E-state index contributed by atoms with van der Waals surface area (Å²) in [5, 5.41) is 0.980. The molecular weight excluding hydrogens is 282 g/mol. The molecule has 1 aliphatic heterocycles. The number of carbonyl (C=O) groups excluding carboxylic acids is 2. The van der Waals surface area contributed by atoms with E-state index in [1.807, 2.05) is 6.07 Å².